The number of phenols is 1. The third-order valence-corrected chi connectivity index (χ3v) is 4.80. The van der Waals surface area contributed by atoms with Crippen LogP contribution in [0, 0.1) is 34.1 Å². The largest absolute Gasteiger partial charge is 0.502 e. The number of nitrogens with zero attached hydrogens (tertiary/aromatic N) is 4. The molecule has 160 valence electrons. The molecule has 0 saturated heterocycles. The highest BCUT2D eigenvalue weighted by atomic mass is 16.6. The zero-order valence-corrected chi connectivity index (χ0v) is 17.0. The van der Waals surface area contributed by atoms with Crippen LogP contribution < -0.4 is 0 Å². The van der Waals surface area contributed by atoms with Crippen molar-refractivity contribution in [2.75, 3.05) is 0 Å². The maximum atomic E-state index is 11.1. The fourth-order valence-electron chi connectivity index (χ4n) is 3.30. The standard InChI is InChI=1S/C22H16N4O6/c1-12-7-13(2)21-18(8-12)24-22(32-21)14-3-5-16(6-4-14)23-11-15-9-17(25(28)29)10-19(20(15)27)26(30)31/h3-11,27H,1-2H3. The smallest absolute Gasteiger partial charge is 0.318 e. The molecule has 3 aromatic carbocycles. The number of hydrogen-bond acceptors (Lipinski definition) is 8. The molecule has 0 fully saturated rings. The summed E-state index contributed by atoms with van der Waals surface area (Å²) in [6, 6.07) is 12.5. The Balaban J connectivity index is 1.64. The molecule has 0 aliphatic heterocycles. The summed E-state index contributed by atoms with van der Waals surface area (Å²) in [5.74, 6) is -0.241. The molecule has 32 heavy (non-hydrogen) atoms. The number of aromatic hydroxyl groups is 1. The van der Waals surface area contributed by atoms with Crippen molar-refractivity contribution in [2.24, 2.45) is 4.99 Å². The van der Waals surface area contributed by atoms with Crippen LogP contribution in [-0.4, -0.2) is 26.2 Å². The van der Waals surface area contributed by atoms with Gasteiger partial charge in [0.2, 0.25) is 11.6 Å². The quantitative estimate of drug-likeness (QED) is 0.253. The van der Waals surface area contributed by atoms with E-state index < -0.39 is 27.0 Å². The summed E-state index contributed by atoms with van der Waals surface area (Å²) in [6.45, 7) is 3.94. The zero-order chi connectivity index (χ0) is 23.0. The van der Waals surface area contributed by atoms with E-state index in [4.69, 9.17) is 4.42 Å². The van der Waals surface area contributed by atoms with E-state index in [1.165, 1.54) is 0 Å². The number of aromatic nitrogens is 1. The normalized spacial score (nSPS) is 11.3. The van der Waals surface area contributed by atoms with E-state index in [1.54, 1.807) is 24.3 Å². The van der Waals surface area contributed by atoms with Gasteiger partial charge in [0.1, 0.15) is 5.52 Å². The van der Waals surface area contributed by atoms with Gasteiger partial charge in [-0.05, 0) is 55.3 Å². The molecular weight excluding hydrogens is 416 g/mol. The fraction of sp³-hybridized carbons (Fsp3) is 0.0909. The minimum absolute atomic E-state index is 0.139. The van der Waals surface area contributed by atoms with Crippen LogP contribution in [0.1, 0.15) is 16.7 Å². The van der Waals surface area contributed by atoms with Gasteiger partial charge in [0, 0.05) is 23.4 Å². The molecule has 0 aliphatic carbocycles. The Morgan fingerprint density at radius 2 is 1.75 bits per heavy atom. The van der Waals surface area contributed by atoms with E-state index in [-0.39, 0.29) is 5.56 Å². The van der Waals surface area contributed by atoms with Gasteiger partial charge in [-0.15, -0.1) is 0 Å². The van der Waals surface area contributed by atoms with Gasteiger partial charge in [-0.25, -0.2) is 4.98 Å². The van der Waals surface area contributed by atoms with Gasteiger partial charge in [0.05, 0.1) is 21.6 Å². The second kappa shape index (κ2) is 7.91. The van der Waals surface area contributed by atoms with Crippen LogP contribution in [0.5, 0.6) is 5.75 Å². The second-order valence-electron chi connectivity index (χ2n) is 7.17. The Kier molecular flexibility index (Phi) is 5.11. The van der Waals surface area contributed by atoms with Crippen LogP contribution in [0.25, 0.3) is 22.6 Å². The maximum Gasteiger partial charge on any atom is 0.318 e. The number of hydrogen-bond donors (Lipinski definition) is 1. The molecular formula is C22H16N4O6. The lowest BCUT2D eigenvalue weighted by molar-refractivity contribution is -0.394. The van der Waals surface area contributed by atoms with Gasteiger partial charge in [-0.3, -0.25) is 25.2 Å². The van der Waals surface area contributed by atoms with Crippen LogP contribution in [0.15, 0.2) is 57.9 Å². The lowest BCUT2D eigenvalue weighted by Crippen LogP contribution is -1.96. The Bertz CT molecular complexity index is 1410. The lowest BCUT2D eigenvalue weighted by Gasteiger charge is -2.01. The molecule has 0 unspecified atom stereocenters. The van der Waals surface area contributed by atoms with Gasteiger partial charge in [-0.2, -0.15) is 0 Å². The Labute approximate surface area is 180 Å². The maximum absolute atomic E-state index is 11.1. The first-order valence-electron chi connectivity index (χ1n) is 9.41. The Morgan fingerprint density at radius 3 is 2.41 bits per heavy atom. The number of fused-ring (bicyclic) bond motifs is 1. The monoisotopic (exact) mass is 432 g/mol. The number of rotatable bonds is 5. The summed E-state index contributed by atoms with van der Waals surface area (Å²) >= 11 is 0. The number of oxazole rings is 1. The third kappa shape index (κ3) is 3.88. The minimum Gasteiger partial charge on any atom is -0.502 e. The first-order valence-corrected chi connectivity index (χ1v) is 9.41. The lowest BCUT2D eigenvalue weighted by atomic mass is 10.1. The van der Waals surface area contributed by atoms with Gasteiger partial charge >= 0.3 is 5.69 Å². The average Bonchev–Trinajstić information content (AvgIpc) is 3.17. The van der Waals surface area contributed by atoms with Crippen LogP contribution in [-0.2, 0) is 0 Å². The van der Waals surface area contributed by atoms with Gasteiger partial charge in [0.15, 0.2) is 5.58 Å². The van der Waals surface area contributed by atoms with E-state index in [1.807, 2.05) is 26.0 Å². The molecule has 0 amide bonds. The highest BCUT2D eigenvalue weighted by Crippen LogP contribution is 2.34. The molecule has 0 aliphatic rings. The minimum atomic E-state index is -0.891. The predicted molar refractivity (Wildman–Crippen MR) is 118 cm³/mol. The van der Waals surface area contributed by atoms with Crippen LogP contribution in [0.2, 0.25) is 0 Å². The zero-order valence-electron chi connectivity index (χ0n) is 17.0. The molecule has 4 rings (SSSR count). The van der Waals surface area contributed by atoms with Gasteiger partial charge < -0.3 is 9.52 Å². The van der Waals surface area contributed by atoms with Crippen molar-refractivity contribution in [1.29, 1.82) is 0 Å². The van der Waals surface area contributed by atoms with Crippen molar-refractivity contribution < 1.29 is 19.4 Å². The molecule has 0 spiro atoms. The first-order chi connectivity index (χ1) is 15.2. The van der Waals surface area contributed by atoms with E-state index in [9.17, 15) is 25.3 Å². The molecule has 0 bridgehead atoms. The van der Waals surface area contributed by atoms with Crippen LogP contribution >= 0.6 is 0 Å². The molecule has 0 radical (unpaired) electrons. The third-order valence-electron chi connectivity index (χ3n) is 4.80. The average molecular weight is 432 g/mol. The topological polar surface area (TPSA) is 145 Å². The summed E-state index contributed by atoms with van der Waals surface area (Å²) in [6.07, 6.45) is 1.13. The first kappa shape index (κ1) is 20.7. The molecule has 0 atom stereocenters. The fourth-order valence-corrected chi connectivity index (χ4v) is 3.30. The second-order valence-corrected chi connectivity index (χ2v) is 7.17. The number of nitro benzene ring substituents is 2. The number of benzene rings is 3. The number of aliphatic imine (C=N–C) groups is 1. The molecule has 0 saturated carbocycles. The number of phenolic OH excluding ortho intramolecular Hbond substituents is 1. The van der Waals surface area contributed by atoms with Crippen molar-refractivity contribution in [1.82, 2.24) is 4.98 Å². The number of non-ortho nitro benzene ring substituents is 1. The molecule has 1 heterocycles. The van der Waals surface area contributed by atoms with Crippen LogP contribution in [0.4, 0.5) is 17.1 Å². The van der Waals surface area contributed by atoms with E-state index in [2.05, 4.69) is 9.98 Å². The predicted octanol–water partition coefficient (Wildman–Crippen LogP) is 5.38. The molecule has 4 aromatic rings. The SMILES string of the molecule is Cc1cc(C)c2oc(-c3ccc(N=Cc4cc([N+](=O)[O-])cc([N+](=O)[O-])c4O)cc3)nc2c1. The molecule has 1 aromatic heterocycles. The van der Waals surface area contributed by atoms with E-state index in [0.717, 1.165) is 40.1 Å². The highest BCUT2D eigenvalue weighted by molar-refractivity contribution is 5.89. The number of nitro groups is 2. The van der Waals surface area contributed by atoms with E-state index >= 15 is 0 Å². The Hall–Kier alpha value is -4.60. The van der Waals surface area contributed by atoms with Crippen molar-refractivity contribution >= 4 is 34.4 Å². The summed E-state index contributed by atoms with van der Waals surface area (Å²) in [7, 11) is 0. The van der Waals surface area contributed by atoms with Gasteiger partial charge in [0.25, 0.3) is 5.69 Å². The molecule has 10 heteroatoms. The van der Waals surface area contributed by atoms with E-state index in [0.29, 0.717) is 17.6 Å². The summed E-state index contributed by atoms with van der Waals surface area (Å²) in [5, 5.41) is 32.2. The summed E-state index contributed by atoms with van der Waals surface area (Å²) in [4.78, 5) is 29.1. The summed E-state index contributed by atoms with van der Waals surface area (Å²) in [5.41, 5.74) is 3.33. The van der Waals surface area contributed by atoms with Crippen molar-refractivity contribution in [3.05, 3.63) is 85.4 Å². The van der Waals surface area contributed by atoms with Crippen molar-refractivity contribution in [3.63, 3.8) is 0 Å². The van der Waals surface area contributed by atoms with Crippen molar-refractivity contribution in [3.8, 4) is 17.2 Å². The summed E-state index contributed by atoms with van der Waals surface area (Å²) < 4.78 is 5.89. The van der Waals surface area contributed by atoms with Crippen LogP contribution in [0.3, 0.4) is 0 Å². The van der Waals surface area contributed by atoms with Gasteiger partial charge in [-0.1, -0.05) is 6.07 Å². The molecule has 1 N–H and O–H groups in total. The highest BCUT2D eigenvalue weighted by Gasteiger charge is 2.23. The van der Waals surface area contributed by atoms with Crippen molar-refractivity contribution in [2.45, 2.75) is 13.8 Å². The molecule has 10 nitrogen and oxygen atoms in total. The number of aryl methyl sites for hydroxylation is 2. The Morgan fingerprint density at radius 1 is 1.03 bits per heavy atom.